The molecule has 146 valence electrons. The number of fused-ring (bicyclic) bond motifs is 1. The summed E-state index contributed by atoms with van der Waals surface area (Å²) in [5.74, 6) is 0.226. The van der Waals surface area contributed by atoms with Crippen molar-refractivity contribution < 1.29 is 18.7 Å². The molecule has 1 amide bonds. The summed E-state index contributed by atoms with van der Waals surface area (Å²) in [4.78, 5) is 20.5. The van der Waals surface area contributed by atoms with Crippen LogP contribution in [0.15, 0.2) is 60.9 Å². The Labute approximate surface area is 164 Å². The monoisotopic (exact) mass is 393 g/mol. The Morgan fingerprint density at radius 3 is 2.79 bits per heavy atom. The number of benzene rings is 1. The number of hydrogen-bond donors (Lipinski definition) is 1. The molecular formula is C20H16FN5O3. The summed E-state index contributed by atoms with van der Waals surface area (Å²) in [7, 11) is 1.56. The van der Waals surface area contributed by atoms with Crippen LogP contribution in [-0.4, -0.2) is 39.2 Å². The maximum atomic E-state index is 12.9. The lowest BCUT2D eigenvalue weighted by molar-refractivity contribution is -0.118. The van der Waals surface area contributed by atoms with E-state index in [9.17, 15) is 9.18 Å². The highest BCUT2D eigenvalue weighted by Crippen LogP contribution is 2.27. The van der Waals surface area contributed by atoms with Crippen molar-refractivity contribution >= 4 is 17.5 Å². The maximum Gasteiger partial charge on any atom is 0.264 e. The molecule has 1 aromatic carbocycles. The molecule has 8 nitrogen and oxygen atoms in total. The predicted molar refractivity (Wildman–Crippen MR) is 103 cm³/mol. The van der Waals surface area contributed by atoms with Crippen LogP contribution in [0.4, 0.5) is 10.3 Å². The summed E-state index contributed by atoms with van der Waals surface area (Å²) in [6.45, 7) is -0.251. The Balaban J connectivity index is 1.47. The van der Waals surface area contributed by atoms with Gasteiger partial charge in [-0.05, 0) is 48.5 Å². The summed E-state index contributed by atoms with van der Waals surface area (Å²) in [5.41, 5.74) is 2.21. The molecule has 0 saturated carbocycles. The average molecular weight is 393 g/mol. The van der Waals surface area contributed by atoms with E-state index in [2.05, 4.69) is 20.4 Å². The number of amides is 1. The largest absolute Gasteiger partial charge is 0.484 e. The zero-order valence-corrected chi connectivity index (χ0v) is 15.4. The van der Waals surface area contributed by atoms with Gasteiger partial charge in [-0.3, -0.25) is 10.1 Å². The van der Waals surface area contributed by atoms with Gasteiger partial charge in [-0.2, -0.15) is 4.98 Å². The first-order valence-corrected chi connectivity index (χ1v) is 8.66. The van der Waals surface area contributed by atoms with Crippen molar-refractivity contribution in [2.75, 3.05) is 19.0 Å². The molecular weight excluding hydrogens is 377 g/mol. The number of carbonyl (C=O) groups excluding carboxylic acids is 1. The van der Waals surface area contributed by atoms with Crippen molar-refractivity contribution in [3.63, 3.8) is 0 Å². The second-order valence-electron chi connectivity index (χ2n) is 6.01. The van der Waals surface area contributed by atoms with Crippen LogP contribution in [0.1, 0.15) is 0 Å². The first-order chi connectivity index (χ1) is 14.1. The normalized spacial score (nSPS) is 10.7. The number of nitrogens with one attached hydrogen (secondary N) is 1. The lowest BCUT2D eigenvalue weighted by Gasteiger charge is -2.06. The van der Waals surface area contributed by atoms with Crippen LogP contribution in [0.2, 0.25) is 0 Å². The Morgan fingerprint density at radius 2 is 2.00 bits per heavy atom. The number of halogens is 1. The minimum absolute atomic E-state index is 0.146. The first kappa shape index (κ1) is 18.4. The molecule has 0 saturated heterocycles. The van der Waals surface area contributed by atoms with Gasteiger partial charge in [0, 0.05) is 23.5 Å². The smallest absolute Gasteiger partial charge is 0.264 e. The minimum atomic E-state index is -0.431. The second-order valence-corrected chi connectivity index (χ2v) is 6.01. The van der Waals surface area contributed by atoms with Crippen LogP contribution in [-0.2, 0) is 4.79 Å². The quantitative estimate of drug-likeness (QED) is 0.542. The van der Waals surface area contributed by atoms with Crippen molar-refractivity contribution in [3.8, 4) is 22.8 Å². The molecule has 0 atom stereocenters. The molecule has 0 aliphatic carbocycles. The summed E-state index contributed by atoms with van der Waals surface area (Å²) in [6.07, 6.45) is 3.42. The summed E-state index contributed by atoms with van der Waals surface area (Å²) in [5, 5.41) is 6.84. The number of pyridine rings is 2. The molecule has 0 bridgehead atoms. The van der Waals surface area contributed by atoms with E-state index in [1.165, 1.54) is 24.3 Å². The molecule has 3 aromatic heterocycles. The summed E-state index contributed by atoms with van der Waals surface area (Å²) >= 11 is 0. The van der Waals surface area contributed by atoms with Crippen molar-refractivity contribution in [2.24, 2.45) is 0 Å². The van der Waals surface area contributed by atoms with Crippen LogP contribution in [0, 0.1) is 5.82 Å². The third kappa shape index (κ3) is 4.13. The van der Waals surface area contributed by atoms with Gasteiger partial charge in [-0.15, -0.1) is 5.10 Å². The molecule has 0 fully saturated rings. The number of anilines is 1. The lowest BCUT2D eigenvalue weighted by atomic mass is 10.1. The van der Waals surface area contributed by atoms with E-state index in [-0.39, 0.29) is 18.4 Å². The molecule has 4 aromatic rings. The van der Waals surface area contributed by atoms with E-state index < -0.39 is 5.91 Å². The highest BCUT2D eigenvalue weighted by molar-refractivity contribution is 5.90. The third-order valence-corrected chi connectivity index (χ3v) is 4.04. The van der Waals surface area contributed by atoms with Crippen molar-refractivity contribution in [2.45, 2.75) is 0 Å². The van der Waals surface area contributed by atoms with Gasteiger partial charge >= 0.3 is 0 Å². The molecule has 0 aliphatic heterocycles. The molecule has 1 N–H and O–H groups in total. The topological polar surface area (TPSA) is 90.6 Å². The molecule has 4 rings (SSSR count). The number of aromatic nitrogens is 4. The fourth-order valence-electron chi connectivity index (χ4n) is 2.71. The number of methoxy groups -OCH3 is 1. The van der Waals surface area contributed by atoms with E-state index in [1.807, 2.05) is 18.2 Å². The van der Waals surface area contributed by atoms with Gasteiger partial charge in [-0.25, -0.2) is 13.9 Å². The van der Waals surface area contributed by atoms with Gasteiger partial charge < -0.3 is 9.47 Å². The minimum Gasteiger partial charge on any atom is -0.484 e. The number of rotatable bonds is 6. The van der Waals surface area contributed by atoms with E-state index in [0.717, 1.165) is 11.1 Å². The Morgan fingerprint density at radius 1 is 1.17 bits per heavy atom. The van der Waals surface area contributed by atoms with Crippen LogP contribution in [0.25, 0.3) is 16.8 Å². The SMILES string of the molecule is COc1ncccc1-c1ccc2nc(NC(=O)COc3ccc(F)cc3)nn2c1. The van der Waals surface area contributed by atoms with Crippen molar-refractivity contribution in [1.29, 1.82) is 0 Å². The standard InChI is InChI=1S/C20H16FN5O3/c1-28-19-16(3-2-10-22-19)13-4-9-17-23-20(25-26(17)11-13)24-18(27)12-29-15-7-5-14(21)6-8-15/h2-11H,12H2,1H3,(H,24,25,27). The third-order valence-electron chi connectivity index (χ3n) is 4.04. The van der Waals surface area contributed by atoms with Crippen LogP contribution in [0.5, 0.6) is 11.6 Å². The number of hydrogen-bond acceptors (Lipinski definition) is 6. The van der Waals surface area contributed by atoms with Crippen LogP contribution >= 0.6 is 0 Å². The van der Waals surface area contributed by atoms with Crippen molar-refractivity contribution in [3.05, 3.63) is 66.7 Å². The van der Waals surface area contributed by atoms with Crippen LogP contribution in [0.3, 0.4) is 0 Å². The second kappa shape index (κ2) is 7.93. The fourth-order valence-corrected chi connectivity index (χ4v) is 2.71. The fraction of sp³-hybridized carbons (Fsp3) is 0.100. The van der Waals surface area contributed by atoms with Gasteiger partial charge in [0.25, 0.3) is 5.91 Å². The van der Waals surface area contributed by atoms with Gasteiger partial charge in [-0.1, -0.05) is 0 Å². The van der Waals surface area contributed by atoms with Gasteiger partial charge in [0.15, 0.2) is 12.3 Å². The van der Waals surface area contributed by atoms with E-state index in [0.29, 0.717) is 17.3 Å². The van der Waals surface area contributed by atoms with E-state index in [4.69, 9.17) is 9.47 Å². The Kier molecular flexibility index (Phi) is 5.02. The van der Waals surface area contributed by atoms with Crippen LogP contribution < -0.4 is 14.8 Å². The summed E-state index contributed by atoms with van der Waals surface area (Å²) < 4.78 is 25.0. The first-order valence-electron chi connectivity index (χ1n) is 8.66. The highest BCUT2D eigenvalue weighted by Gasteiger charge is 2.11. The molecule has 0 aliphatic rings. The zero-order valence-electron chi connectivity index (χ0n) is 15.4. The van der Waals surface area contributed by atoms with E-state index in [1.54, 1.807) is 30.1 Å². The number of nitrogens with zero attached hydrogens (tertiary/aromatic N) is 4. The molecule has 0 unspecified atom stereocenters. The van der Waals surface area contributed by atoms with E-state index >= 15 is 0 Å². The molecule has 0 radical (unpaired) electrons. The van der Waals surface area contributed by atoms with Gasteiger partial charge in [0.1, 0.15) is 11.6 Å². The zero-order chi connectivity index (χ0) is 20.2. The highest BCUT2D eigenvalue weighted by atomic mass is 19.1. The number of ether oxygens (including phenoxy) is 2. The van der Waals surface area contributed by atoms with Crippen molar-refractivity contribution in [1.82, 2.24) is 19.6 Å². The molecule has 3 heterocycles. The molecule has 9 heteroatoms. The Hall–Kier alpha value is -4.01. The van der Waals surface area contributed by atoms with Gasteiger partial charge in [0.2, 0.25) is 11.8 Å². The Bertz CT molecular complexity index is 1160. The average Bonchev–Trinajstić information content (AvgIpc) is 3.14. The summed E-state index contributed by atoms with van der Waals surface area (Å²) in [6, 6.07) is 12.7. The molecule has 0 spiro atoms. The lowest BCUT2D eigenvalue weighted by Crippen LogP contribution is -2.20. The maximum absolute atomic E-state index is 12.9. The number of carbonyl (C=O) groups is 1. The van der Waals surface area contributed by atoms with Gasteiger partial charge in [0.05, 0.1) is 7.11 Å². The molecule has 29 heavy (non-hydrogen) atoms. The predicted octanol–water partition coefficient (Wildman–Crippen LogP) is 2.96.